The number of nitrogens with zero attached hydrogens (tertiary/aromatic N) is 1. The zero-order valence-corrected chi connectivity index (χ0v) is 20.0. The fourth-order valence-corrected chi connectivity index (χ4v) is 5.26. The molecule has 3 aromatic rings. The summed E-state index contributed by atoms with van der Waals surface area (Å²) >= 11 is 18.3. The van der Waals surface area contributed by atoms with Crippen LogP contribution in [0.5, 0.6) is 5.75 Å². The number of methoxy groups -OCH3 is 1. The van der Waals surface area contributed by atoms with Gasteiger partial charge in [-0.2, -0.15) is 4.31 Å². The quantitative estimate of drug-likeness (QED) is 0.432. The Morgan fingerprint density at radius 1 is 0.969 bits per heavy atom. The van der Waals surface area contributed by atoms with Crippen LogP contribution in [0.3, 0.4) is 0 Å². The molecule has 0 aromatic heterocycles. The van der Waals surface area contributed by atoms with E-state index >= 15 is 0 Å². The van der Waals surface area contributed by atoms with Crippen molar-refractivity contribution in [3.05, 3.63) is 87.4 Å². The minimum absolute atomic E-state index is 0.0531. The molecule has 1 N–H and O–H groups in total. The van der Waals surface area contributed by atoms with Crippen LogP contribution in [0.25, 0.3) is 0 Å². The SMILES string of the molecule is COc1ccc(Cl)cc1S(=O)(=O)N(CC(=O)Nc1c(Cl)cccc1Cl)Cc1ccccc1. The van der Waals surface area contributed by atoms with Crippen LogP contribution in [0.4, 0.5) is 5.69 Å². The molecule has 0 aliphatic heterocycles. The van der Waals surface area contributed by atoms with Crippen molar-refractivity contribution in [2.75, 3.05) is 19.0 Å². The fraction of sp³-hybridized carbons (Fsp3) is 0.136. The minimum Gasteiger partial charge on any atom is -0.495 e. The van der Waals surface area contributed by atoms with E-state index in [1.807, 2.05) is 6.07 Å². The maximum absolute atomic E-state index is 13.5. The number of hydrogen-bond donors (Lipinski definition) is 1. The lowest BCUT2D eigenvalue weighted by molar-refractivity contribution is -0.116. The molecular formula is C22H19Cl3N2O4S. The van der Waals surface area contributed by atoms with Crippen LogP contribution in [0.1, 0.15) is 5.56 Å². The Bertz CT molecular complexity index is 1200. The number of amides is 1. The third-order valence-corrected chi connectivity index (χ3v) is 7.17. The number of carbonyl (C=O) groups excluding carboxylic acids is 1. The van der Waals surface area contributed by atoms with Gasteiger partial charge in [-0.05, 0) is 35.9 Å². The topological polar surface area (TPSA) is 75.7 Å². The molecule has 1 amide bonds. The van der Waals surface area contributed by atoms with E-state index in [0.29, 0.717) is 5.56 Å². The van der Waals surface area contributed by atoms with E-state index in [4.69, 9.17) is 39.5 Å². The molecule has 0 aliphatic carbocycles. The van der Waals surface area contributed by atoms with Crippen molar-refractivity contribution < 1.29 is 17.9 Å². The van der Waals surface area contributed by atoms with Crippen molar-refractivity contribution in [3.8, 4) is 5.75 Å². The van der Waals surface area contributed by atoms with Crippen LogP contribution in [0.2, 0.25) is 15.1 Å². The van der Waals surface area contributed by atoms with Crippen molar-refractivity contribution >= 4 is 56.4 Å². The first-order valence-electron chi connectivity index (χ1n) is 9.34. The van der Waals surface area contributed by atoms with E-state index in [0.717, 1.165) is 4.31 Å². The zero-order chi connectivity index (χ0) is 23.3. The smallest absolute Gasteiger partial charge is 0.247 e. The highest BCUT2D eigenvalue weighted by Crippen LogP contribution is 2.32. The third-order valence-electron chi connectivity index (χ3n) is 4.49. The van der Waals surface area contributed by atoms with Crippen LogP contribution in [-0.2, 0) is 21.4 Å². The summed E-state index contributed by atoms with van der Waals surface area (Å²) in [5.41, 5.74) is 0.902. The van der Waals surface area contributed by atoms with Gasteiger partial charge in [0.2, 0.25) is 15.9 Å². The average molecular weight is 514 g/mol. The number of carbonyl (C=O) groups is 1. The van der Waals surface area contributed by atoms with E-state index < -0.39 is 22.5 Å². The molecule has 0 fully saturated rings. The van der Waals surface area contributed by atoms with Crippen molar-refractivity contribution in [2.45, 2.75) is 11.4 Å². The van der Waals surface area contributed by atoms with Crippen LogP contribution in [0.15, 0.2) is 71.6 Å². The third kappa shape index (κ3) is 5.74. The summed E-state index contributed by atoms with van der Waals surface area (Å²) in [4.78, 5) is 12.7. The van der Waals surface area contributed by atoms with Gasteiger partial charge in [0.1, 0.15) is 10.6 Å². The van der Waals surface area contributed by atoms with Gasteiger partial charge in [0, 0.05) is 11.6 Å². The van der Waals surface area contributed by atoms with Crippen molar-refractivity contribution in [1.29, 1.82) is 0 Å². The number of benzene rings is 3. The second-order valence-electron chi connectivity index (χ2n) is 6.70. The summed E-state index contributed by atoms with van der Waals surface area (Å²) in [6, 6.07) is 17.9. The number of para-hydroxylation sites is 1. The molecule has 0 bridgehead atoms. The van der Waals surface area contributed by atoms with Crippen LogP contribution < -0.4 is 10.1 Å². The van der Waals surface area contributed by atoms with Crippen LogP contribution in [-0.4, -0.2) is 32.3 Å². The Kier molecular flexibility index (Phi) is 8.03. The van der Waals surface area contributed by atoms with Gasteiger partial charge in [-0.1, -0.05) is 71.2 Å². The van der Waals surface area contributed by atoms with E-state index in [1.165, 1.54) is 25.3 Å². The lowest BCUT2D eigenvalue weighted by Gasteiger charge is -2.23. The minimum atomic E-state index is -4.18. The summed E-state index contributed by atoms with van der Waals surface area (Å²) in [7, 11) is -2.82. The van der Waals surface area contributed by atoms with E-state index in [2.05, 4.69) is 5.32 Å². The number of halogens is 3. The molecule has 0 spiro atoms. The number of ether oxygens (including phenoxy) is 1. The first kappa shape index (κ1) is 24.4. The summed E-state index contributed by atoms with van der Waals surface area (Å²) < 4.78 is 33.3. The number of sulfonamides is 1. The molecule has 0 aliphatic rings. The Morgan fingerprint density at radius 2 is 1.62 bits per heavy atom. The molecule has 0 atom stereocenters. The Balaban J connectivity index is 1.97. The lowest BCUT2D eigenvalue weighted by Crippen LogP contribution is -2.37. The maximum atomic E-state index is 13.5. The second-order valence-corrected chi connectivity index (χ2v) is 9.86. The van der Waals surface area contributed by atoms with Crippen molar-refractivity contribution in [1.82, 2.24) is 4.31 Å². The van der Waals surface area contributed by atoms with Gasteiger partial charge in [-0.25, -0.2) is 8.42 Å². The normalized spacial score (nSPS) is 11.4. The highest BCUT2D eigenvalue weighted by atomic mass is 35.5. The molecule has 0 unspecified atom stereocenters. The summed E-state index contributed by atoms with van der Waals surface area (Å²) in [6.45, 7) is -0.545. The van der Waals surface area contributed by atoms with Gasteiger partial charge in [0.05, 0.1) is 29.4 Å². The van der Waals surface area contributed by atoms with Crippen molar-refractivity contribution in [3.63, 3.8) is 0 Å². The van der Waals surface area contributed by atoms with E-state index in [1.54, 1.807) is 42.5 Å². The fourth-order valence-electron chi connectivity index (χ4n) is 2.96. The zero-order valence-electron chi connectivity index (χ0n) is 16.9. The maximum Gasteiger partial charge on any atom is 0.247 e. The first-order valence-corrected chi connectivity index (χ1v) is 11.9. The molecule has 0 radical (unpaired) electrons. The average Bonchev–Trinajstić information content (AvgIpc) is 2.76. The standard InChI is InChI=1S/C22H19Cl3N2O4S/c1-31-19-11-10-16(23)12-20(19)32(29,30)27(13-15-6-3-2-4-7-15)14-21(28)26-22-17(24)8-5-9-18(22)25/h2-12H,13-14H2,1H3,(H,26,28). The lowest BCUT2D eigenvalue weighted by atomic mass is 10.2. The number of hydrogen-bond acceptors (Lipinski definition) is 4. The molecule has 3 aromatic carbocycles. The highest BCUT2D eigenvalue weighted by Gasteiger charge is 2.30. The van der Waals surface area contributed by atoms with E-state index in [-0.39, 0.29) is 37.9 Å². The van der Waals surface area contributed by atoms with Gasteiger partial charge < -0.3 is 10.1 Å². The Morgan fingerprint density at radius 3 is 2.25 bits per heavy atom. The molecule has 0 saturated carbocycles. The molecule has 6 nitrogen and oxygen atoms in total. The molecule has 3 rings (SSSR count). The monoisotopic (exact) mass is 512 g/mol. The highest BCUT2D eigenvalue weighted by molar-refractivity contribution is 7.89. The number of rotatable bonds is 8. The van der Waals surface area contributed by atoms with E-state index in [9.17, 15) is 13.2 Å². The molecular weight excluding hydrogens is 495 g/mol. The molecule has 32 heavy (non-hydrogen) atoms. The van der Waals surface area contributed by atoms with Crippen LogP contribution >= 0.6 is 34.8 Å². The molecule has 168 valence electrons. The largest absolute Gasteiger partial charge is 0.495 e. The predicted octanol–water partition coefficient (Wildman–Crippen LogP) is 5.49. The number of nitrogens with one attached hydrogen (secondary N) is 1. The van der Waals surface area contributed by atoms with Crippen LogP contribution in [0, 0.1) is 0 Å². The summed E-state index contributed by atoms with van der Waals surface area (Å²) in [5, 5.41) is 3.28. The second kappa shape index (κ2) is 10.6. The predicted molar refractivity (Wildman–Crippen MR) is 127 cm³/mol. The summed E-state index contributed by atoms with van der Waals surface area (Å²) in [5.74, 6) is -0.498. The van der Waals surface area contributed by atoms with Crippen molar-refractivity contribution in [2.24, 2.45) is 0 Å². The van der Waals surface area contributed by atoms with Gasteiger partial charge in [-0.3, -0.25) is 4.79 Å². The molecule has 10 heteroatoms. The van der Waals surface area contributed by atoms with Gasteiger partial charge in [-0.15, -0.1) is 0 Å². The summed E-state index contributed by atoms with van der Waals surface area (Å²) in [6.07, 6.45) is 0. The van der Waals surface area contributed by atoms with Gasteiger partial charge >= 0.3 is 0 Å². The number of anilines is 1. The Hall–Kier alpha value is -2.29. The van der Waals surface area contributed by atoms with Gasteiger partial charge in [0.25, 0.3) is 0 Å². The first-order chi connectivity index (χ1) is 15.2. The molecule has 0 heterocycles. The molecule has 0 saturated heterocycles. The Labute approximate surface area is 201 Å². The van der Waals surface area contributed by atoms with Gasteiger partial charge in [0.15, 0.2) is 0 Å².